The largest absolute Gasteiger partial charge is 0.497 e. The number of hydrogen-bond donors (Lipinski definition) is 2. The highest BCUT2D eigenvalue weighted by molar-refractivity contribution is 7.13. The molecule has 0 saturated carbocycles. The number of methoxy groups -OCH3 is 1. The lowest BCUT2D eigenvalue weighted by Gasteiger charge is -2.31. The van der Waals surface area contributed by atoms with Crippen LogP contribution in [-0.2, 0) is 4.79 Å². The van der Waals surface area contributed by atoms with Crippen molar-refractivity contribution in [3.63, 3.8) is 0 Å². The van der Waals surface area contributed by atoms with Gasteiger partial charge in [0.2, 0.25) is 11.0 Å². The molecule has 10 heteroatoms. The van der Waals surface area contributed by atoms with Crippen LogP contribution in [0, 0.1) is 5.92 Å². The number of carbonyl (C=O) groups excluding carboxylic acids is 3. The number of anilines is 2. The number of ether oxygens (including phenoxy) is 1. The highest BCUT2D eigenvalue weighted by atomic mass is 32.1. The lowest BCUT2D eigenvalue weighted by atomic mass is 9.95. The van der Waals surface area contributed by atoms with Gasteiger partial charge in [0.1, 0.15) is 11.3 Å². The van der Waals surface area contributed by atoms with Crippen molar-refractivity contribution in [3.05, 3.63) is 65.2 Å². The summed E-state index contributed by atoms with van der Waals surface area (Å²) in [7, 11) is 1.56. The zero-order valence-electron chi connectivity index (χ0n) is 18.0. The van der Waals surface area contributed by atoms with Crippen LogP contribution in [0.5, 0.6) is 5.75 Å². The highest BCUT2D eigenvalue weighted by Gasteiger charge is 2.29. The Labute approximate surface area is 194 Å². The summed E-state index contributed by atoms with van der Waals surface area (Å²) in [5, 5.41) is 13.6. The van der Waals surface area contributed by atoms with E-state index in [4.69, 9.17) is 4.74 Å². The Hall–Kier alpha value is -3.79. The fraction of sp³-hybridized carbons (Fsp3) is 0.261. The fourth-order valence-electron chi connectivity index (χ4n) is 3.67. The summed E-state index contributed by atoms with van der Waals surface area (Å²) < 4.78 is 5.12. The third kappa shape index (κ3) is 5.35. The number of hydrogen-bond acceptors (Lipinski definition) is 7. The van der Waals surface area contributed by atoms with Crippen molar-refractivity contribution in [1.29, 1.82) is 0 Å². The summed E-state index contributed by atoms with van der Waals surface area (Å²) in [5.74, 6) is -0.134. The Bertz CT molecular complexity index is 1130. The minimum atomic E-state index is -0.315. The number of para-hydroxylation sites is 1. The maximum atomic E-state index is 13.2. The van der Waals surface area contributed by atoms with E-state index in [1.807, 2.05) is 0 Å². The maximum Gasteiger partial charge on any atom is 0.255 e. The van der Waals surface area contributed by atoms with Crippen LogP contribution >= 0.6 is 11.3 Å². The van der Waals surface area contributed by atoms with Gasteiger partial charge < -0.3 is 20.3 Å². The molecule has 1 aliphatic rings. The third-order valence-electron chi connectivity index (χ3n) is 5.50. The van der Waals surface area contributed by atoms with E-state index in [2.05, 4.69) is 20.8 Å². The van der Waals surface area contributed by atoms with Crippen LogP contribution in [0.15, 0.2) is 54.0 Å². The van der Waals surface area contributed by atoms with Gasteiger partial charge in [0.25, 0.3) is 11.8 Å². The summed E-state index contributed by atoms with van der Waals surface area (Å²) in [6.07, 6.45) is 1.10. The molecule has 0 atom stereocenters. The first kappa shape index (κ1) is 22.4. The second-order valence-electron chi connectivity index (χ2n) is 7.53. The number of nitrogens with one attached hydrogen (secondary N) is 2. The Balaban J connectivity index is 1.39. The van der Waals surface area contributed by atoms with Crippen LogP contribution in [0.3, 0.4) is 0 Å². The van der Waals surface area contributed by atoms with Crippen molar-refractivity contribution in [2.75, 3.05) is 30.8 Å². The first-order chi connectivity index (χ1) is 16.0. The van der Waals surface area contributed by atoms with Gasteiger partial charge in [-0.3, -0.25) is 14.4 Å². The van der Waals surface area contributed by atoms with Crippen LogP contribution in [0.4, 0.5) is 10.8 Å². The van der Waals surface area contributed by atoms with E-state index >= 15 is 0 Å². The monoisotopic (exact) mass is 465 g/mol. The third-order valence-corrected chi connectivity index (χ3v) is 6.11. The van der Waals surface area contributed by atoms with Gasteiger partial charge in [-0.15, -0.1) is 10.2 Å². The summed E-state index contributed by atoms with van der Waals surface area (Å²) in [5.41, 5.74) is 2.87. The van der Waals surface area contributed by atoms with E-state index in [1.54, 1.807) is 66.1 Å². The predicted molar refractivity (Wildman–Crippen MR) is 125 cm³/mol. The number of nitrogens with zero attached hydrogens (tertiary/aromatic N) is 3. The molecular formula is C23H23N5O4S. The Kier molecular flexibility index (Phi) is 6.94. The molecule has 3 aromatic rings. The predicted octanol–water partition coefficient (Wildman–Crippen LogP) is 3.29. The molecule has 0 spiro atoms. The van der Waals surface area contributed by atoms with Crippen LogP contribution in [0.25, 0.3) is 0 Å². The molecule has 0 unspecified atom stereocenters. The lowest BCUT2D eigenvalue weighted by molar-refractivity contribution is -0.121. The minimum absolute atomic E-state index is 0.106. The molecule has 2 N–H and O–H groups in total. The number of benzene rings is 2. The SMILES string of the molecule is COc1ccc(C(=O)Nc2ccccc2C(=O)N2CCC(C(=O)Nc3nncs3)CC2)cc1. The molecule has 0 aliphatic carbocycles. The van der Waals surface area contributed by atoms with Gasteiger partial charge in [0, 0.05) is 24.6 Å². The smallest absolute Gasteiger partial charge is 0.255 e. The highest BCUT2D eigenvalue weighted by Crippen LogP contribution is 2.24. The normalized spacial score (nSPS) is 13.9. The summed E-state index contributed by atoms with van der Waals surface area (Å²) >= 11 is 1.27. The topological polar surface area (TPSA) is 114 Å². The molecule has 1 aromatic heterocycles. The Morgan fingerprint density at radius 2 is 1.76 bits per heavy atom. The van der Waals surface area contributed by atoms with E-state index in [0.29, 0.717) is 53.6 Å². The molecule has 2 aromatic carbocycles. The van der Waals surface area contributed by atoms with E-state index < -0.39 is 0 Å². The number of likely N-dealkylation sites (tertiary alicyclic amines) is 1. The van der Waals surface area contributed by atoms with Gasteiger partial charge in [0.05, 0.1) is 18.4 Å². The molecule has 1 aliphatic heterocycles. The molecule has 170 valence electrons. The first-order valence-corrected chi connectivity index (χ1v) is 11.3. The molecule has 4 rings (SSSR count). The molecule has 3 amide bonds. The minimum Gasteiger partial charge on any atom is -0.497 e. The average Bonchev–Trinajstić information content (AvgIpc) is 3.37. The number of rotatable bonds is 6. The van der Waals surface area contributed by atoms with E-state index in [0.717, 1.165) is 0 Å². The fourth-order valence-corrected chi connectivity index (χ4v) is 4.11. The summed E-state index contributed by atoms with van der Waals surface area (Å²) in [4.78, 5) is 40.0. The van der Waals surface area contributed by atoms with Crippen LogP contribution < -0.4 is 15.4 Å². The second kappa shape index (κ2) is 10.2. The lowest BCUT2D eigenvalue weighted by Crippen LogP contribution is -2.41. The van der Waals surface area contributed by atoms with E-state index in [-0.39, 0.29) is 23.6 Å². The zero-order chi connectivity index (χ0) is 23.2. The molecule has 1 saturated heterocycles. The number of carbonyl (C=O) groups is 3. The summed E-state index contributed by atoms with van der Waals surface area (Å²) in [6.45, 7) is 0.904. The van der Waals surface area contributed by atoms with E-state index in [1.165, 1.54) is 11.3 Å². The van der Waals surface area contributed by atoms with Crippen molar-refractivity contribution in [1.82, 2.24) is 15.1 Å². The molecular weight excluding hydrogens is 442 g/mol. The molecule has 9 nitrogen and oxygen atoms in total. The van der Waals surface area contributed by atoms with Crippen LogP contribution in [-0.4, -0.2) is 53.0 Å². The van der Waals surface area contributed by atoms with Gasteiger partial charge >= 0.3 is 0 Å². The van der Waals surface area contributed by atoms with Crippen molar-refractivity contribution in [3.8, 4) is 5.75 Å². The molecule has 0 radical (unpaired) electrons. The number of amides is 3. The zero-order valence-corrected chi connectivity index (χ0v) is 18.8. The van der Waals surface area contributed by atoms with Gasteiger partial charge in [0.15, 0.2) is 0 Å². The number of piperidine rings is 1. The van der Waals surface area contributed by atoms with Gasteiger partial charge in [-0.05, 0) is 49.2 Å². The molecule has 0 bridgehead atoms. The quantitative estimate of drug-likeness (QED) is 0.578. The van der Waals surface area contributed by atoms with Crippen molar-refractivity contribution >= 4 is 39.9 Å². The molecule has 33 heavy (non-hydrogen) atoms. The van der Waals surface area contributed by atoms with Crippen molar-refractivity contribution in [2.45, 2.75) is 12.8 Å². The molecule has 1 fully saturated rings. The van der Waals surface area contributed by atoms with Crippen LogP contribution in [0.1, 0.15) is 33.6 Å². The second-order valence-corrected chi connectivity index (χ2v) is 8.36. The number of aromatic nitrogens is 2. The molecule has 2 heterocycles. The van der Waals surface area contributed by atoms with Crippen molar-refractivity contribution < 1.29 is 19.1 Å². The summed E-state index contributed by atoms with van der Waals surface area (Å²) in [6, 6.07) is 13.7. The Morgan fingerprint density at radius 1 is 1.03 bits per heavy atom. The van der Waals surface area contributed by atoms with Gasteiger partial charge in [-0.2, -0.15) is 0 Å². The standard InChI is InChI=1S/C23H23N5O4S/c1-32-17-8-6-15(7-9-17)20(29)25-19-5-3-2-4-18(19)22(31)28-12-10-16(11-13-28)21(30)26-23-27-24-14-33-23/h2-9,14,16H,10-13H2,1H3,(H,25,29)(H,26,27,30). The maximum absolute atomic E-state index is 13.2. The van der Waals surface area contributed by atoms with Gasteiger partial charge in [-0.25, -0.2) is 0 Å². The Morgan fingerprint density at radius 3 is 2.42 bits per heavy atom. The first-order valence-electron chi connectivity index (χ1n) is 10.5. The van der Waals surface area contributed by atoms with Crippen LogP contribution in [0.2, 0.25) is 0 Å². The van der Waals surface area contributed by atoms with Crippen molar-refractivity contribution in [2.24, 2.45) is 5.92 Å². The van der Waals surface area contributed by atoms with E-state index in [9.17, 15) is 14.4 Å². The average molecular weight is 466 g/mol. The van der Waals surface area contributed by atoms with Gasteiger partial charge in [-0.1, -0.05) is 23.5 Å².